The van der Waals surface area contributed by atoms with E-state index >= 15 is 0 Å². The molecule has 2 rings (SSSR count). The zero-order chi connectivity index (χ0) is 14.6. The van der Waals surface area contributed by atoms with Gasteiger partial charge in [-0.05, 0) is 55.5 Å². The molecule has 112 valence electrons. The van der Waals surface area contributed by atoms with Crippen LogP contribution in [0.15, 0.2) is 29.2 Å². The van der Waals surface area contributed by atoms with Gasteiger partial charge in [-0.2, -0.15) is 0 Å². The van der Waals surface area contributed by atoms with Gasteiger partial charge in [-0.15, -0.1) is 0 Å². The number of benzene rings is 1. The second-order valence-electron chi connectivity index (χ2n) is 5.59. The number of sulfonamides is 1. The smallest absolute Gasteiger partial charge is 0.240 e. The lowest BCUT2D eigenvalue weighted by Crippen LogP contribution is -2.30. The highest BCUT2D eigenvalue weighted by Crippen LogP contribution is 2.20. The molecule has 2 unspecified atom stereocenters. The average molecular weight is 296 g/mol. The van der Waals surface area contributed by atoms with Crippen molar-refractivity contribution in [1.29, 1.82) is 0 Å². The minimum absolute atomic E-state index is 0.357. The molecule has 4 nitrogen and oxygen atoms in total. The van der Waals surface area contributed by atoms with Crippen molar-refractivity contribution in [2.24, 2.45) is 5.92 Å². The molecule has 1 saturated heterocycles. The van der Waals surface area contributed by atoms with E-state index in [9.17, 15) is 8.42 Å². The molecule has 20 heavy (non-hydrogen) atoms. The highest BCUT2D eigenvalue weighted by atomic mass is 32.2. The molecule has 0 aromatic heterocycles. The lowest BCUT2D eigenvalue weighted by molar-refractivity contribution is 0.538. The second kappa shape index (κ2) is 6.70. The minimum atomic E-state index is -3.37. The first-order valence-corrected chi connectivity index (χ1v) is 8.81. The predicted molar refractivity (Wildman–Crippen MR) is 81.3 cm³/mol. The Morgan fingerprint density at radius 1 is 1.35 bits per heavy atom. The first kappa shape index (κ1) is 15.5. The molecule has 0 saturated carbocycles. The van der Waals surface area contributed by atoms with Crippen molar-refractivity contribution in [3.8, 4) is 0 Å². The van der Waals surface area contributed by atoms with E-state index in [4.69, 9.17) is 0 Å². The van der Waals surface area contributed by atoms with Crippen LogP contribution in [-0.2, 0) is 10.0 Å². The van der Waals surface area contributed by atoms with E-state index in [1.54, 1.807) is 12.1 Å². The Morgan fingerprint density at radius 2 is 2.05 bits per heavy atom. The van der Waals surface area contributed by atoms with Gasteiger partial charge in [0.25, 0.3) is 0 Å². The Hall–Kier alpha value is -0.910. The van der Waals surface area contributed by atoms with Crippen LogP contribution in [0, 0.1) is 5.92 Å². The third-order valence-electron chi connectivity index (χ3n) is 4.10. The Kier molecular flexibility index (Phi) is 5.18. The van der Waals surface area contributed by atoms with Gasteiger partial charge in [-0.1, -0.05) is 26.0 Å². The Balaban J connectivity index is 2.01. The van der Waals surface area contributed by atoms with Crippen molar-refractivity contribution in [2.45, 2.75) is 37.5 Å². The maximum atomic E-state index is 12.2. The summed E-state index contributed by atoms with van der Waals surface area (Å²) in [6.45, 7) is 6.68. The lowest BCUT2D eigenvalue weighted by Gasteiger charge is -2.12. The minimum Gasteiger partial charge on any atom is -0.316 e. The standard InChI is InChI=1S/C15H24N2O2S/c1-3-12(2)14-4-6-15(7-5-14)20(18,19)17-11-13-8-9-16-10-13/h4-7,12-13,16-17H,3,8-11H2,1-2H3. The zero-order valence-corrected chi connectivity index (χ0v) is 13.0. The van der Waals surface area contributed by atoms with Crippen LogP contribution in [0.2, 0.25) is 0 Å². The van der Waals surface area contributed by atoms with Gasteiger partial charge < -0.3 is 5.32 Å². The summed E-state index contributed by atoms with van der Waals surface area (Å²) in [5.41, 5.74) is 1.19. The summed E-state index contributed by atoms with van der Waals surface area (Å²) in [4.78, 5) is 0.357. The largest absolute Gasteiger partial charge is 0.316 e. The molecule has 2 atom stereocenters. The van der Waals surface area contributed by atoms with Crippen molar-refractivity contribution in [1.82, 2.24) is 10.0 Å². The van der Waals surface area contributed by atoms with Gasteiger partial charge in [0, 0.05) is 6.54 Å². The average Bonchev–Trinajstić information content (AvgIpc) is 2.98. The Bertz CT molecular complexity index is 519. The normalized spacial score (nSPS) is 21.0. The molecule has 5 heteroatoms. The van der Waals surface area contributed by atoms with Crippen molar-refractivity contribution < 1.29 is 8.42 Å². The van der Waals surface area contributed by atoms with Gasteiger partial charge in [0.05, 0.1) is 4.90 Å². The molecule has 2 N–H and O–H groups in total. The molecule has 1 aliphatic heterocycles. The molecule has 1 heterocycles. The van der Waals surface area contributed by atoms with Gasteiger partial charge in [-0.25, -0.2) is 13.1 Å². The number of hydrogen-bond acceptors (Lipinski definition) is 3. The molecule has 1 fully saturated rings. The van der Waals surface area contributed by atoms with E-state index < -0.39 is 10.0 Å². The van der Waals surface area contributed by atoms with E-state index in [2.05, 4.69) is 23.9 Å². The molecular weight excluding hydrogens is 272 g/mol. The van der Waals surface area contributed by atoms with Crippen LogP contribution in [0.4, 0.5) is 0 Å². The monoisotopic (exact) mass is 296 g/mol. The van der Waals surface area contributed by atoms with E-state index in [1.165, 1.54) is 5.56 Å². The first-order valence-electron chi connectivity index (χ1n) is 7.33. The van der Waals surface area contributed by atoms with E-state index in [0.29, 0.717) is 23.3 Å². The molecular formula is C15H24N2O2S. The summed E-state index contributed by atoms with van der Waals surface area (Å²) in [5, 5.41) is 3.24. The third-order valence-corrected chi connectivity index (χ3v) is 5.54. The summed E-state index contributed by atoms with van der Waals surface area (Å²) < 4.78 is 27.1. The molecule has 1 aromatic rings. The fourth-order valence-electron chi connectivity index (χ4n) is 2.41. The molecule has 0 spiro atoms. The first-order chi connectivity index (χ1) is 9.53. The van der Waals surface area contributed by atoms with Crippen molar-refractivity contribution in [3.63, 3.8) is 0 Å². The quantitative estimate of drug-likeness (QED) is 0.845. The predicted octanol–water partition coefficient (Wildman–Crippen LogP) is 2.09. The van der Waals surface area contributed by atoms with E-state index in [0.717, 1.165) is 25.9 Å². The highest BCUT2D eigenvalue weighted by Gasteiger charge is 2.19. The van der Waals surface area contributed by atoms with Crippen LogP contribution >= 0.6 is 0 Å². The SMILES string of the molecule is CCC(C)c1ccc(S(=O)(=O)NCC2CCNC2)cc1. The molecule has 0 radical (unpaired) electrons. The van der Waals surface area contributed by atoms with Gasteiger partial charge in [-0.3, -0.25) is 0 Å². The maximum Gasteiger partial charge on any atom is 0.240 e. The molecule has 1 aromatic carbocycles. The van der Waals surface area contributed by atoms with Crippen molar-refractivity contribution in [2.75, 3.05) is 19.6 Å². The number of hydrogen-bond donors (Lipinski definition) is 2. The van der Waals surface area contributed by atoms with Crippen LogP contribution < -0.4 is 10.0 Å². The van der Waals surface area contributed by atoms with Crippen molar-refractivity contribution in [3.05, 3.63) is 29.8 Å². The Morgan fingerprint density at radius 3 is 2.60 bits per heavy atom. The number of nitrogens with one attached hydrogen (secondary N) is 2. The van der Waals surface area contributed by atoms with E-state index in [1.807, 2.05) is 12.1 Å². The van der Waals surface area contributed by atoms with Crippen LogP contribution in [0.5, 0.6) is 0 Å². The summed E-state index contributed by atoms with van der Waals surface area (Å²) >= 11 is 0. The van der Waals surface area contributed by atoms with Crippen LogP contribution in [0.3, 0.4) is 0 Å². The fourth-order valence-corrected chi connectivity index (χ4v) is 3.53. The molecule has 0 amide bonds. The third kappa shape index (κ3) is 3.81. The van der Waals surface area contributed by atoms with Gasteiger partial charge >= 0.3 is 0 Å². The highest BCUT2D eigenvalue weighted by molar-refractivity contribution is 7.89. The molecule has 1 aliphatic rings. The van der Waals surface area contributed by atoms with Gasteiger partial charge in [0.1, 0.15) is 0 Å². The van der Waals surface area contributed by atoms with Crippen LogP contribution in [0.1, 0.15) is 38.2 Å². The molecule has 0 bridgehead atoms. The fraction of sp³-hybridized carbons (Fsp3) is 0.600. The van der Waals surface area contributed by atoms with Gasteiger partial charge in [0.15, 0.2) is 0 Å². The summed E-state index contributed by atoms with van der Waals surface area (Å²) in [6.07, 6.45) is 2.09. The van der Waals surface area contributed by atoms with Crippen LogP contribution in [-0.4, -0.2) is 28.1 Å². The molecule has 0 aliphatic carbocycles. The van der Waals surface area contributed by atoms with E-state index in [-0.39, 0.29) is 0 Å². The number of rotatable bonds is 6. The van der Waals surface area contributed by atoms with Crippen molar-refractivity contribution >= 4 is 10.0 Å². The summed E-state index contributed by atoms with van der Waals surface area (Å²) in [7, 11) is -3.37. The topological polar surface area (TPSA) is 58.2 Å². The summed E-state index contributed by atoms with van der Waals surface area (Å²) in [5.74, 6) is 0.869. The lowest BCUT2D eigenvalue weighted by atomic mass is 9.99. The van der Waals surface area contributed by atoms with Gasteiger partial charge in [0.2, 0.25) is 10.0 Å². The summed E-state index contributed by atoms with van der Waals surface area (Å²) in [6, 6.07) is 7.24. The second-order valence-corrected chi connectivity index (χ2v) is 7.36. The zero-order valence-electron chi connectivity index (χ0n) is 12.2. The maximum absolute atomic E-state index is 12.2. The van der Waals surface area contributed by atoms with Crippen LogP contribution in [0.25, 0.3) is 0 Å². The Labute approximate surface area is 122 Å².